The predicted octanol–water partition coefficient (Wildman–Crippen LogP) is 4.26. The van der Waals surface area contributed by atoms with Crippen LogP contribution in [0, 0.1) is 0 Å². The van der Waals surface area contributed by atoms with Gasteiger partial charge in [0.25, 0.3) is 5.56 Å². The van der Waals surface area contributed by atoms with Crippen LogP contribution in [-0.2, 0) is 24.2 Å². The highest BCUT2D eigenvalue weighted by Gasteiger charge is 2.16. The number of fused-ring (bicyclic) bond motifs is 2. The van der Waals surface area contributed by atoms with Gasteiger partial charge in [-0.1, -0.05) is 42.1 Å². The molecule has 0 saturated heterocycles. The van der Waals surface area contributed by atoms with Gasteiger partial charge in [-0.05, 0) is 68.4 Å². The fourth-order valence-corrected chi connectivity index (χ4v) is 4.93. The summed E-state index contributed by atoms with van der Waals surface area (Å²) in [5.74, 6) is 0.162. The van der Waals surface area contributed by atoms with E-state index in [1.165, 1.54) is 35.7 Å². The summed E-state index contributed by atoms with van der Waals surface area (Å²) in [4.78, 5) is 29.9. The van der Waals surface area contributed by atoms with Gasteiger partial charge in [-0.2, -0.15) is 0 Å². The zero-order chi connectivity index (χ0) is 21.1. The molecule has 0 aliphatic heterocycles. The number of hydrogen-bond donors (Lipinski definition) is 1. The lowest BCUT2D eigenvalue weighted by molar-refractivity contribution is -0.119. The average molecular weight is 422 g/mol. The molecule has 6 heteroatoms. The molecular weight excluding hydrogens is 394 g/mol. The van der Waals surface area contributed by atoms with Crippen LogP contribution in [0.25, 0.3) is 10.9 Å². The standard InChI is InChI=1S/C24H27N3O2S/c1-3-27-23(29)20-10-6-7-11-21(20)26-24(27)30-15-22(28)25-16(2)18-13-12-17-8-4-5-9-19(17)14-18/h6-7,10-14,16H,3-5,8-9,15H2,1-2H3,(H,25,28)/t16-/m0/s1. The molecule has 1 amide bonds. The number of amides is 1. The minimum atomic E-state index is -0.0616. The van der Waals surface area contributed by atoms with E-state index in [1.807, 2.05) is 32.0 Å². The van der Waals surface area contributed by atoms with Crippen molar-refractivity contribution in [3.63, 3.8) is 0 Å². The van der Waals surface area contributed by atoms with Gasteiger partial charge < -0.3 is 5.32 Å². The molecular formula is C24H27N3O2S. The quantitative estimate of drug-likeness (QED) is 0.477. The van der Waals surface area contributed by atoms with E-state index in [-0.39, 0.29) is 23.3 Å². The van der Waals surface area contributed by atoms with Crippen LogP contribution >= 0.6 is 11.8 Å². The number of benzene rings is 2. The number of aryl methyl sites for hydroxylation is 2. The van der Waals surface area contributed by atoms with Gasteiger partial charge in [0.05, 0.1) is 22.7 Å². The second-order valence-electron chi connectivity index (χ2n) is 7.77. The highest BCUT2D eigenvalue weighted by Crippen LogP contribution is 2.25. The Bertz CT molecular complexity index is 1140. The molecule has 2 aromatic carbocycles. The number of carbonyl (C=O) groups is 1. The summed E-state index contributed by atoms with van der Waals surface area (Å²) in [6, 6.07) is 13.9. The van der Waals surface area contributed by atoms with Crippen LogP contribution in [-0.4, -0.2) is 21.2 Å². The molecule has 0 spiro atoms. The maximum absolute atomic E-state index is 12.7. The minimum absolute atomic E-state index is 0.0525. The molecule has 0 fully saturated rings. The van der Waals surface area contributed by atoms with Gasteiger partial charge in [-0.15, -0.1) is 0 Å². The molecule has 1 aromatic heterocycles. The molecule has 0 radical (unpaired) electrons. The molecule has 156 valence electrons. The van der Waals surface area contributed by atoms with Crippen molar-refractivity contribution in [2.45, 2.75) is 57.3 Å². The third-order valence-electron chi connectivity index (χ3n) is 5.73. The van der Waals surface area contributed by atoms with Crippen molar-refractivity contribution in [1.82, 2.24) is 14.9 Å². The molecule has 5 nitrogen and oxygen atoms in total. The van der Waals surface area contributed by atoms with Crippen molar-refractivity contribution < 1.29 is 4.79 Å². The third-order valence-corrected chi connectivity index (χ3v) is 6.70. The minimum Gasteiger partial charge on any atom is -0.349 e. The first-order chi connectivity index (χ1) is 14.6. The Morgan fingerprint density at radius 2 is 1.93 bits per heavy atom. The van der Waals surface area contributed by atoms with E-state index in [0.717, 1.165) is 18.4 Å². The van der Waals surface area contributed by atoms with Gasteiger partial charge in [0.1, 0.15) is 0 Å². The lowest BCUT2D eigenvalue weighted by Crippen LogP contribution is -2.29. The number of hydrogen-bond acceptors (Lipinski definition) is 4. The summed E-state index contributed by atoms with van der Waals surface area (Å²) < 4.78 is 1.63. The predicted molar refractivity (Wildman–Crippen MR) is 122 cm³/mol. The maximum Gasteiger partial charge on any atom is 0.262 e. The monoisotopic (exact) mass is 421 g/mol. The van der Waals surface area contributed by atoms with E-state index in [2.05, 4.69) is 28.5 Å². The third kappa shape index (κ3) is 4.29. The number of para-hydroxylation sites is 1. The van der Waals surface area contributed by atoms with Gasteiger partial charge in [0.2, 0.25) is 5.91 Å². The highest BCUT2D eigenvalue weighted by molar-refractivity contribution is 7.99. The first kappa shape index (κ1) is 20.7. The summed E-state index contributed by atoms with van der Waals surface area (Å²) >= 11 is 1.31. The normalized spacial score (nSPS) is 14.3. The molecule has 0 unspecified atom stereocenters. The SMILES string of the molecule is CCn1c(SCC(=O)N[C@@H](C)c2ccc3c(c2)CCCC3)nc2ccccc2c1=O. The van der Waals surface area contributed by atoms with Gasteiger partial charge in [0, 0.05) is 6.54 Å². The molecule has 30 heavy (non-hydrogen) atoms. The molecule has 0 saturated carbocycles. The Morgan fingerprint density at radius 1 is 1.17 bits per heavy atom. The van der Waals surface area contributed by atoms with Crippen LogP contribution in [0.15, 0.2) is 52.4 Å². The maximum atomic E-state index is 12.7. The fraction of sp³-hybridized carbons (Fsp3) is 0.375. The molecule has 1 N–H and O–H groups in total. The molecule has 1 heterocycles. The zero-order valence-corrected chi connectivity index (χ0v) is 18.3. The van der Waals surface area contributed by atoms with Crippen molar-refractivity contribution >= 4 is 28.6 Å². The van der Waals surface area contributed by atoms with E-state index < -0.39 is 0 Å². The lowest BCUT2D eigenvalue weighted by atomic mass is 9.89. The number of nitrogens with one attached hydrogen (secondary N) is 1. The van der Waals surface area contributed by atoms with Crippen LogP contribution in [0.3, 0.4) is 0 Å². The van der Waals surface area contributed by atoms with E-state index in [1.54, 1.807) is 10.6 Å². The van der Waals surface area contributed by atoms with Crippen molar-refractivity contribution in [2.24, 2.45) is 0 Å². The van der Waals surface area contributed by atoms with Gasteiger partial charge >= 0.3 is 0 Å². The van der Waals surface area contributed by atoms with Crippen molar-refractivity contribution in [1.29, 1.82) is 0 Å². The van der Waals surface area contributed by atoms with Crippen LogP contribution in [0.1, 0.15) is 49.4 Å². The molecule has 4 rings (SSSR count). The Balaban J connectivity index is 1.44. The first-order valence-electron chi connectivity index (χ1n) is 10.6. The second-order valence-corrected chi connectivity index (χ2v) is 8.72. The number of nitrogens with zero attached hydrogens (tertiary/aromatic N) is 2. The highest BCUT2D eigenvalue weighted by atomic mass is 32.2. The fourth-order valence-electron chi connectivity index (χ4n) is 4.06. The van der Waals surface area contributed by atoms with Gasteiger partial charge in [0.15, 0.2) is 5.16 Å². The Hall–Kier alpha value is -2.60. The summed E-state index contributed by atoms with van der Waals surface area (Å²) in [6.45, 7) is 4.45. The van der Waals surface area contributed by atoms with Crippen molar-refractivity contribution in [3.8, 4) is 0 Å². The van der Waals surface area contributed by atoms with Crippen molar-refractivity contribution in [2.75, 3.05) is 5.75 Å². The largest absolute Gasteiger partial charge is 0.349 e. The Kier molecular flexibility index (Phi) is 6.23. The van der Waals surface area contributed by atoms with E-state index in [0.29, 0.717) is 22.6 Å². The molecule has 0 bridgehead atoms. The summed E-state index contributed by atoms with van der Waals surface area (Å²) in [7, 11) is 0. The van der Waals surface area contributed by atoms with Gasteiger partial charge in [-0.25, -0.2) is 4.98 Å². The Morgan fingerprint density at radius 3 is 2.73 bits per heavy atom. The molecule has 1 aliphatic carbocycles. The van der Waals surface area contributed by atoms with E-state index >= 15 is 0 Å². The van der Waals surface area contributed by atoms with Crippen LogP contribution in [0.4, 0.5) is 0 Å². The number of carbonyl (C=O) groups excluding carboxylic acids is 1. The topological polar surface area (TPSA) is 64.0 Å². The summed E-state index contributed by atoms with van der Waals surface area (Å²) in [6.07, 6.45) is 4.79. The summed E-state index contributed by atoms with van der Waals surface area (Å²) in [5.41, 5.74) is 4.61. The molecule has 1 aliphatic rings. The van der Waals surface area contributed by atoms with Crippen molar-refractivity contribution in [3.05, 3.63) is 69.5 Å². The van der Waals surface area contributed by atoms with Crippen LogP contribution < -0.4 is 10.9 Å². The Labute approximate surface area is 180 Å². The first-order valence-corrected chi connectivity index (χ1v) is 11.6. The number of aromatic nitrogens is 2. The smallest absolute Gasteiger partial charge is 0.262 e. The average Bonchev–Trinajstić information content (AvgIpc) is 2.77. The van der Waals surface area contributed by atoms with Crippen LogP contribution in [0.5, 0.6) is 0 Å². The number of rotatable bonds is 6. The van der Waals surface area contributed by atoms with E-state index in [4.69, 9.17) is 0 Å². The lowest BCUT2D eigenvalue weighted by Gasteiger charge is -2.20. The van der Waals surface area contributed by atoms with Gasteiger partial charge in [-0.3, -0.25) is 14.2 Å². The second kappa shape index (κ2) is 9.04. The number of thioether (sulfide) groups is 1. The van der Waals surface area contributed by atoms with Crippen LogP contribution in [0.2, 0.25) is 0 Å². The molecule has 1 atom stereocenters. The zero-order valence-electron chi connectivity index (χ0n) is 17.5. The van der Waals surface area contributed by atoms with E-state index in [9.17, 15) is 9.59 Å². The summed E-state index contributed by atoms with van der Waals surface area (Å²) in [5, 5.41) is 4.27. The molecule has 3 aromatic rings.